The quantitative estimate of drug-likeness (QED) is 0.910. The van der Waals surface area contributed by atoms with E-state index in [4.69, 9.17) is 4.42 Å². The number of carbonyl (C=O) groups excluding carboxylic acids is 1. The number of nitrogens with one attached hydrogen (secondary N) is 1. The molecule has 1 heterocycles. The van der Waals surface area contributed by atoms with E-state index in [2.05, 4.69) is 24.1 Å². The number of hydrogen-bond acceptors (Lipinski definition) is 3. The Morgan fingerprint density at radius 3 is 2.57 bits per heavy atom. The van der Waals surface area contributed by atoms with Gasteiger partial charge in [0.15, 0.2) is 11.6 Å². The van der Waals surface area contributed by atoms with E-state index in [-0.39, 0.29) is 11.4 Å². The van der Waals surface area contributed by atoms with Crippen LogP contribution in [0, 0.1) is 5.92 Å². The number of hydrogen-bond donors (Lipinski definition) is 1. The van der Waals surface area contributed by atoms with Gasteiger partial charge in [-0.1, -0.05) is 33.1 Å². The molecule has 0 aromatic carbocycles. The van der Waals surface area contributed by atoms with Gasteiger partial charge in [-0.25, -0.2) is 4.98 Å². The minimum Gasteiger partial charge on any atom is -0.448 e. The molecule has 2 saturated carbocycles. The minimum absolute atomic E-state index is 0.0268. The smallest absolute Gasteiger partial charge is 0.273 e. The molecule has 4 nitrogen and oxygen atoms in total. The van der Waals surface area contributed by atoms with Gasteiger partial charge in [0.05, 0.1) is 0 Å². The van der Waals surface area contributed by atoms with Crippen molar-refractivity contribution in [3.8, 4) is 0 Å². The SMILES string of the molecule is CC(C)C1(NC(=O)c2coc(C3CCCCC3)n2)CCC1. The molecule has 0 unspecified atom stereocenters. The lowest BCUT2D eigenvalue weighted by atomic mass is 9.69. The third kappa shape index (κ3) is 2.85. The molecular formula is C17H26N2O2. The van der Waals surface area contributed by atoms with Gasteiger partial charge in [0.1, 0.15) is 6.26 Å². The summed E-state index contributed by atoms with van der Waals surface area (Å²) in [6.07, 6.45) is 10.9. The van der Waals surface area contributed by atoms with E-state index >= 15 is 0 Å². The second-order valence-corrected chi connectivity index (χ2v) is 7.02. The third-order valence-corrected chi connectivity index (χ3v) is 5.42. The summed E-state index contributed by atoms with van der Waals surface area (Å²) < 4.78 is 5.58. The van der Waals surface area contributed by atoms with E-state index in [0.29, 0.717) is 17.5 Å². The van der Waals surface area contributed by atoms with E-state index in [0.717, 1.165) is 31.6 Å². The van der Waals surface area contributed by atoms with Gasteiger partial charge < -0.3 is 9.73 Å². The summed E-state index contributed by atoms with van der Waals surface area (Å²) in [6, 6.07) is 0. The number of aromatic nitrogens is 1. The first-order valence-electron chi connectivity index (χ1n) is 8.39. The van der Waals surface area contributed by atoms with E-state index in [9.17, 15) is 4.79 Å². The first-order valence-corrected chi connectivity index (χ1v) is 8.39. The van der Waals surface area contributed by atoms with Gasteiger partial charge in [0.25, 0.3) is 5.91 Å². The van der Waals surface area contributed by atoms with Gasteiger partial charge in [-0.05, 0) is 38.0 Å². The summed E-state index contributed by atoms with van der Waals surface area (Å²) in [7, 11) is 0. The highest BCUT2D eigenvalue weighted by molar-refractivity contribution is 5.92. The number of rotatable bonds is 4. The molecule has 1 N–H and O–H groups in total. The van der Waals surface area contributed by atoms with Crippen LogP contribution in [0.4, 0.5) is 0 Å². The third-order valence-electron chi connectivity index (χ3n) is 5.42. The lowest BCUT2D eigenvalue weighted by molar-refractivity contribution is 0.0722. The number of oxazole rings is 1. The molecular weight excluding hydrogens is 264 g/mol. The van der Waals surface area contributed by atoms with Crippen LogP contribution in [0.2, 0.25) is 0 Å². The summed E-state index contributed by atoms with van der Waals surface area (Å²) in [5.74, 6) is 1.55. The molecule has 2 fully saturated rings. The summed E-state index contributed by atoms with van der Waals surface area (Å²) in [4.78, 5) is 16.9. The van der Waals surface area contributed by atoms with Crippen LogP contribution in [-0.2, 0) is 0 Å². The topological polar surface area (TPSA) is 55.1 Å². The Balaban J connectivity index is 1.66. The van der Waals surface area contributed by atoms with Crippen LogP contribution in [0.3, 0.4) is 0 Å². The molecule has 0 spiro atoms. The summed E-state index contributed by atoms with van der Waals surface area (Å²) in [5, 5.41) is 3.20. The first-order chi connectivity index (χ1) is 10.1. The highest BCUT2D eigenvalue weighted by Gasteiger charge is 2.41. The molecule has 0 bridgehead atoms. The number of amides is 1. The average Bonchev–Trinajstić information content (AvgIpc) is 2.93. The van der Waals surface area contributed by atoms with Gasteiger partial charge in [-0.3, -0.25) is 4.79 Å². The second kappa shape index (κ2) is 5.82. The zero-order valence-corrected chi connectivity index (χ0v) is 13.2. The van der Waals surface area contributed by atoms with Crippen molar-refractivity contribution < 1.29 is 9.21 Å². The number of nitrogens with zero attached hydrogens (tertiary/aromatic N) is 1. The molecule has 1 aromatic rings. The van der Waals surface area contributed by atoms with E-state index < -0.39 is 0 Å². The molecule has 116 valence electrons. The molecule has 4 heteroatoms. The fourth-order valence-electron chi connectivity index (χ4n) is 3.62. The Morgan fingerprint density at radius 2 is 2.00 bits per heavy atom. The predicted molar refractivity (Wildman–Crippen MR) is 81.2 cm³/mol. The second-order valence-electron chi connectivity index (χ2n) is 7.02. The zero-order valence-electron chi connectivity index (χ0n) is 13.2. The van der Waals surface area contributed by atoms with Crippen LogP contribution in [0.1, 0.15) is 87.5 Å². The maximum atomic E-state index is 12.4. The molecule has 21 heavy (non-hydrogen) atoms. The predicted octanol–water partition coefficient (Wildman–Crippen LogP) is 4.03. The van der Waals surface area contributed by atoms with E-state index in [1.807, 2.05) is 0 Å². The van der Waals surface area contributed by atoms with Crippen molar-refractivity contribution in [2.75, 3.05) is 0 Å². The van der Waals surface area contributed by atoms with Crippen molar-refractivity contribution in [1.29, 1.82) is 0 Å². The van der Waals surface area contributed by atoms with E-state index in [1.54, 1.807) is 0 Å². The molecule has 2 aliphatic carbocycles. The highest BCUT2D eigenvalue weighted by Crippen LogP contribution is 2.38. The molecule has 1 amide bonds. The van der Waals surface area contributed by atoms with Crippen molar-refractivity contribution in [2.45, 2.75) is 76.7 Å². The molecule has 0 radical (unpaired) electrons. The van der Waals surface area contributed by atoms with Crippen LogP contribution in [0.5, 0.6) is 0 Å². The van der Waals surface area contributed by atoms with Crippen LogP contribution in [0.25, 0.3) is 0 Å². The van der Waals surface area contributed by atoms with Crippen molar-refractivity contribution in [3.63, 3.8) is 0 Å². The molecule has 0 aliphatic heterocycles. The van der Waals surface area contributed by atoms with Crippen molar-refractivity contribution in [1.82, 2.24) is 10.3 Å². The molecule has 0 saturated heterocycles. The minimum atomic E-state index is -0.0748. The van der Waals surface area contributed by atoms with Crippen LogP contribution in [0.15, 0.2) is 10.7 Å². The number of carbonyl (C=O) groups is 1. The molecule has 1 aromatic heterocycles. The Hall–Kier alpha value is -1.32. The Kier molecular flexibility index (Phi) is 4.05. The van der Waals surface area contributed by atoms with Crippen LogP contribution in [-0.4, -0.2) is 16.4 Å². The average molecular weight is 290 g/mol. The molecule has 2 aliphatic rings. The summed E-state index contributed by atoms with van der Waals surface area (Å²) in [6.45, 7) is 4.35. The fraction of sp³-hybridized carbons (Fsp3) is 0.765. The Bertz CT molecular complexity index is 497. The fourth-order valence-corrected chi connectivity index (χ4v) is 3.62. The van der Waals surface area contributed by atoms with Crippen LogP contribution >= 0.6 is 0 Å². The summed E-state index contributed by atoms with van der Waals surface area (Å²) in [5.41, 5.74) is 0.420. The van der Waals surface area contributed by atoms with Crippen molar-refractivity contribution >= 4 is 5.91 Å². The standard InChI is InChI=1S/C17H26N2O2/c1-12(2)17(9-6-10-17)19-15(20)14-11-21-16(18-14)13-7-4-3-5-8-13/h11-13H,3-10H2,1-2H3,(H,19,20). The van der Waals surface area contributed by atoms with Gasteiger partial charge in [0, 0.05) is 11.5 Å². The Morgan fingerprint density at radius 1 is 1.29 bits per heavy atom. The molecule has 3 rings (SSSR count). The lowest BCUT2D eigenvalue weighted by Crippen LogP contribution is -2.57. The monoisotopic (exact) mass is 290 g/mol. The van der Waals surface area contributed by atoms with Crippen molar-refractivity contribution in [3.05, 3.63) is 17.8 Å². The molecule has 0 atom stereocenters. The first kappa shape index (κ1) is 14.6. The van der Waals surface area contributed by atoms with Crippen LogP contribution < -0.4 is 5.32 Å². The van der Waals surface area contributed by atoms with Crippen molar-refractivity contribution in [2.24, 2.45) is 5.92 Å². The normalized spacial score (nSPS) is 22.0. The summed E-state index contributed by atoms with van der Waals surface area (Å²) >= 11 is 0. The van der Waals surface area contributed by atoms with E-state index in [1.165, 1.54) is 31.9 Å². The van der Waals surface area contributed by atoms with Gasteiger partial charge >= 0.3 is 0 Å². The highest BCUT2D eigenvalue weighted by atomic mass is 16.3. The van der Waals surface area contributed by atoms with Gasteiger partial charge in [-0.2, -0.15) is 0 Å². The zero-order chi connectivity index (χ0) is 14.9. The largest absolute Gasteiger partial charge is 0.448 e. The lowest BCUT2D eigenvalue weighted by Gasteiger charge is -2.45. The van der Waals surface area contributed by atoms with Gasteiger partial charge in [-0.15, -0.1) is 0 Å². The Labute approximate surface area is 126 Å². The maximum Gasteiger partial charge on any atom is 0.273 e. The maximum absolute atomic E-state index is 12.4. The van der Waals surface area contributed by atoms with Gasteiger partial charge in [0.2, 0.25) is 0 Å².